The molecule has 0 saturated carbocycles. The van der Waals surface area contributed by atoms with E-state index in [1.54, 1.807) is 6.07 Å². The number of aryl methyl sites for hydroxylation is 2. The number of aromatic amines is 1. The Morgan fingerprint density at radius 1 is 1.22 bits per heavy atom. The molecule has 3 rings (SSSR count). The highest BCUT2D eigenvalue weighted by molar-refractivity contribution is 6.17. The molecular weight excluding hydrogens is 226 g/mol. The van der Waals surface area contributed by atoms with Crippen LogP contribution in [0.3, 0.4) is 0 Å². The van der Waals surface area contributed by atoms with Crippen molar-refractivity contribution in [2.24, 2.45) is 0 Å². The maximum Gasteiger partial charge on any atom is 0.198 e. The fraction of sp³-hybridized carbons (Fsp3) is 0.133. The zero-order chi connectivity index (χ0) is 12.7. The molecule has 0 atom stereocenters. The predicted molar refractivity (Wildman–Crippen MR) is 69.9 cm³/mol. The summed E-state index contributed by atoms with van der Waals surface area (Å²) in [5.41, 5.74) is 3.20. The fourth-order valence-corrected chi connectivity index (χ4v) is 2.28. The number of hydrogen-bond donors (Lipinski definition) is 1. The van der Waals surface area contributed by atoms with Gasteiger partial charge < -0.3 is 9.40 Å². The van der Waals surface area contributed by atoms with Crippen LogP contribution in [-0.4, -0.2) is 10.8 Å². The van der Waals surface area contributed by atoms with Gasteiger partial charge in [-0.2, -0.15) is 0 Å². The van der Waals surface area contributed by atoms with E-state index in [1.807, 2.05) is 38.1 Å². The molecule has 0 bridgehead atoms. The van der Waals surface area contributed by atoms with Gasteiger partial charge in [0.2, 0.25) is 0 Å². The number of para-hydroxylation sites is 1. The van der Waals surface area contributed by atoms with Crippen molar-refractivity contribution in [3.63, 3.8) is 0 Å². The third-order valence-electron chi connectivity index (χ3n) is 3.11. The van der Waals surface area contributed by atoms with Gasteiger partial charge in [0.15, 0.2) is 5.78 Å². The van der Waals surface area contributed by atoms with Crippen molar-refractivity contribution in [1.29, 1.82) is 0 Å². The van der Waals surface area contributed by atoms with Crippen molar-refractivity contribution in [3.8, 4) is 0 Å². The molecule has 0 aliphatic carbocycles. The molecule has 3 nitrogen and oxygen atoms in total. The Kier molecular flexibility index (Phi) is 2.33. The molecule has 2 aromatic heterocycles. The summed E-state index contributed by atoms with van der Waals surface area (Å²) in [4.78, 5) is 15.7. The third-order valence-corrected chi connectivity index (χ3v) is 3.11. The molecule has 0 aliphatic heterocycles. The molecule has 3 aromatic rings. The van der Waals surface area contributed by atoms with E-state index in [0.29, 0.717) is 5.56 Å². The number of fused-ring (bicyclic) bond motifs is 1. The fourth-order valence-electron chi connectivity index (χ4n) is 2.28. The Morgan fingerprint density at radius 2 is 2.00 bits per heavy atom. The highest BCUT2D eigenvalue weighted by Crippen LogP contribution is 2.25. The summed E-state index contributed by atoms with van der Waals surface area (Å²) in [5, 5.41) is 0.957. The maximum absolute atomic E-state index is 12.5. The van der Waals surface area contributed by atoms with Crippen molar-refractivity contribution in [2.45, 2.75) is 13.8 Å². The van der Waals surface area contributed by atoms with Crippen molar-refractivity contribution in [3.05, 3.63) is 59.2 Å². The molecule has 0 amide bonds. The topological polar surface area (TPSA) is 46.0 Å². The molecule has 0 aliphatic rings. The normalized spacial score (nSPS) is 11.0. The largest absolute Gasteiger partial charge is 0.469 e. The van der Waals surface area contributed by atoms with E-state index in [4.69, 9.17) is 4.42 Å². The van der Waals surface area contributed by atoms with E-state index in [1.165, 1.54) is 6.26 Å². The number of rotatable bonds is 2. The number of ketones is 1. The molecule has 0 fully saturated rings. The quantitative estimate of drug-likeness (QED) is 0.694. The highest BCUT2D eigenvalue weighted by atomic mass is 16.3. The molecule has 0 spiro atoms. The van der Waals surface area contributed by atoms with Crippen LogP contribution in [0.25, 0.3) is 10.9 Å². The van der Waals surface area contributed by atoms with Crippen molar-refractivity contribution >= 4 is 16.7 Å². The zero-order valence-corrected chi connectivity index (χ0v) is 10.3. The van der Waals surface area contributed by atoms with E-state index >= 15 is 0 Å². The van der Waals surface area contributed by atoms with Gasteiger partial charge in [0, 0.05) is 16.6 Å². The van der Waals surface area contributed by atoms with Gasteiger partial charge in [-0.3, -0.25) is 4.79 Å². The highest BCUT2D eigenvalue weighted by Gasteiger charge is 2.18. The number of nitrogens with one attached hydrogen (secondary N) is 1. The van der Waals surface area contributed by atoms with Gasteiger partial charge in [-0.25, -0.2) is 0 Å². The first kappa shape index (κ1) is 10.8. The zero-order valence-electron chi connectivity index (χ0n) is 10.3. The van der Waals surface area contributed by atoms with E-state index < -0.39 is 0 Å². The second-order valence-corrected chi connectivity index (χ2v) is 4.45. The van der Waals surface area contributed by atoms with Gasteiger partial charge in [0.05, 0.1) is 11.1 Å². The molecule has 1 aromatic carbocycles. The first-order chi connectivity index (χ1) is 8.66. The summed E-state index contributed by atoms with van der Waals surface area (Å²) in [6, 6.07) is 9.59. The van der Waals surface area contributed by atoms with Gasteiger partial charge in [0.1, 0.15) is 12.0 Å². The number of carbonyl (C=O) groups is 1. The molecule has 0 radical (unpaired) electrons. The number of benzene rings is 1. The molecule has 0 unspecified atom stereocenters. The Labute approximate surface area is 104 Å². The molecule has 18 heavy (non-hydrogen) atoms. The smallest absolute Gasteiger partial charge is 0.198 e. The summed E-state index contributed by atoms with van der Waals surface area (Å²) < 4.78 is 5.20. The lowest BCUT2D eigenvalue weighted by Crippen LogP contribution is -2.00. The minimum absolute atomic E-state index is 0.00167. The van der Waals surface area contributed by atoms with Gasteiger partial charge in [-0.1, -0.05) is 18.2 Å². The Hall–Kier alpha value is -2.29. The number of carbonyl (C=O) groups excluding carboxylic acids is 1. The van der Waals surface area contributed by atoms with Gasteiger partial charge in [-0.15, -0.1) is 0 Å². The Bertz CT molecular complexity index is 734. The number of furan rings is 1. The van der Waals surface area contributed by atoms with Crippen LogP contribution in [0.4, 0.5) is 0 Å². The number of aromatic nitrogens is 1. The summed E-state index contributed by atoms with van der Waals surface area (Å²) in [6.45, 7) is 3.75. The third kappa shape index (κ3) is 1.56. The van der Waals surface area contributed by atoms with E-state index in [0.717, 1.165) is 27.9 Å². The lowest BCUT2D eigenvalue weighted by Gasteiger charge is -1.97. The first-order valence-corrected chi connectivity index (χ1v) is 5.84. The van der Waals surface area contributed by atoms with Crippen LogP contribution in [0.2, 0.25) is 0 Å². The van der Waals surface area contributed by atoms with E-state index in [2.05, 4.69) is 4.98 Å². The van der Waals surface area contributed by atoms with Crippen LogP contribution >= 0.6 is 0 Å². The molecule has 3 heteroatoms. The van der Waals surface area contributed by atoms with Crippen LogP contribution in [0.15, 0.2) is 41.0 Å². The Morgan fingerprint density at radius 3 is 2.72 bits per heavy atom. The van der Waals surface area contributed by atoms with Crippen LogP contribution in [-0.2, 0) is 0 Å². The summed E-state index contributed by atoms with van der Waals surface area (Å²) >= 11 is 0. The molecule has 0 saturated heterocycles. The SMILES string of the molecule is Cc1cc(C(=O)c2c(C)[nH]c3ccccc23)co1. The van der Waals surface area contributed by atoms with Crippen molar-refractivity contribution in [1.82, 2.24) is 4.98 Å². The lowest BCUT2D eigenvalue weighted by molar-refractivity contribution is 0.103. The van der Waals surface area contributed by atoms with E-state index in [9.17, 15) is 4.79 Å². The average molecular weight is 239 g/mol. The lowest BCUT2D eigenvalue weighted by atomic mass is 10.0. The predicted octanol–water partition coefficient (Wildman–Crippen LogP) is 3.61. The maximum atomic E-state index is 12.5. The van der Waals surface area contributed by atoms with Gasteiger partial charge in [0.25, 0.3) is 0 Å². The summed E-state index contributed by atoms with van der Waals surface area (Å²) in [5.74, 6) is 0.748. The first-order valence-electron chi connectivity index (χ1n) is 5.84. The summed E-state index contributed by atoms with van der Waals surface area (Å²) in [6.07, 6.45) is 1.51. The van der Waals surface area contributed by atoms with E-state index in [-0.39, 0.29) is 5.78 Å². The van der Waals surface area contributed by atoms with Crippen molar-refractivity contribution in [2.75, 3.05) is 0 Å². The van der Waals surface area contributed by atoms with Crippen LogP contribution < -0.4 is 0 Å². The van der Waals surface area contributed by atoms with Crippen LogP contribution in [0.1, 0.15) is 27.4 Å². The second-order valence-electron chi connectivity index (χ2n) is 4.45. The van der Waals surface area contributed by atoms with Gasteiger partial charge >= 0.3 is 0 Å². The average Bonchev–Trinajstić information content (AvgIpc) is 2.91. The molecule has 90 valence electrons. The molecular formula is C15H13NO2. The van der Waals surface area contributed by atoms with Crippen LogP contribution in [0.5, 0.6) is 0 Å². The second kappa shape index (κ2) is 3.88. The number of hydrogen-bond acceptors (Lipinski definition) is 2. The molecule has 1 N–H and O–H groups in total. The van der Waals surface area contributed by atoms with Gasteiger partial charge in [-0.05, 0) is 26.0 Å². The minimum atomic E-state index is 0.00167. The van der Waals surface area contributed by atoms with Crippen molar-refractivity contribution < 1.29 is 9.21 Å². The number of H-pyrrole nitrogens is 1. The van der Waals surface area contributed by atoms with Crippen LogP contribution in [0, 0.1) is 13.8 Å². The standard InChI is InChI=1S/C15H13NO2/c1-9-7-11(8-18-9)15(17)14-10(2)16-13-6-4-3-5-12(13)14/h3-8,16H,1-2H3. The minimum Gasteiger partial charge on any atom is -0.469 e. The molecule has 2 heterocycles. The summed E-state index contributed by atoms with van der Waals surface area (Å²) in [7, 11) is 0. The Balaban J connectivity index is 2.20. The monoisotopic (exact) mass is 239 g/mol.